The molecule has 5 heteroatoms. The second-order valence-electron chi connectivity index (χ2n) is 3.79. The predicted octanol–water partition coefficient (Wildman–Crippen LogP) is 0.726. The number of nitrogens with two attached hydrogens (primary N) is 1. The Morgan fingerprint density at radius 2 is 2.29 bits per heavy atom. The number of ether oxygens (including phenoxy) is 1. The molecule has 0 bridgehead atoms. The van der Waals surface area contributed by atoms with Crippen LogP contribution in [-0.4, -0.2) is 25.7 Å². The molecule has 0 saturated carbocycles. The maximum Gasteiger partial charge on any atom is 0.243 e. The molecule has 1 aromatic rings. The van der Waals surface area contributed by atoms with Crippen molar-refractivity contribution in [1.29, 1.82) is 0 Å². The molecule has 4 nitrogen and oxygen atoms in total. The van der Waals surface area contributed by atoms with E-state index in [9.17, 15) is 9.18 Å². The van der Waals surface area contributed by atoms with Crippen LogP contribution in [0.3, 0.4) is 0 Å². The summed E-state index contributed by atoms with van der Waals surface area (Å²) in [7, 11) is 0. The smallest absolute Gasteiger partial charge is 0.243 e. The Bertz CT molecular complexity index is 383. The average molecular weight is 240 g/mol. The van der Waals surface area contributed by atoms with E-state index < -0.39 is 5.91 Å². The monoisotopic (exact) mass is 240 g/mol. The van der Waals surface area contributed by atoms with Gasteiger partial charge in [0.05, 0.1) is 6.61 Å². The minimum absolute atomic E-state index is 0.0829. The maximum atomic E-state index is 13.3. The first-order valence-electron chi connectivity index (χ1n) is 5.41. The zero-order valence-corrected chi connectivity index (χ0v) is 9.83. The Morgan fingerprint density at radius 3 is 3.00 bits per heavy atom. The van der Waals surface area contributed by atoms with Crippen molar-refractivity contribution in [2.75, 3.05) is 19.8 Å². The third-order valence-electron chi connectivity index (χ3n) is 2.18. The van der Waals surface area contributed by atoms with Gasteiger partial charge in [0, 0.05) is 18.7 Å². The fourth-order valence-electron chi connectivity index (χ4n) is 1.38. The number of hydrogen-bond donors (Lipinski definition) is 2. The summed E-state index contributed by atoms with van der Waals surface area (Å²) in [5, 5.41) is 3.03. The highest BCUT2D eigenvalue weighted by atomic mass is 19.1. The van der Waals surface area contributed by atoms with E-state index in [2.05, 4.69) is 5.32 Å². The van der Waals surface area contributed by atoms with Gasteiger partial charge in [0.25, 0.3) is 0 Å². The summed E-state index contributed by atoms with van der Waals surface area (Å²) < 4.78 is 18.3. The van der Waals surface area contributed by atoms with Crippen molar-refractivity contribution in [1.82, 2.24) is 5.32 Å². The number of amides is 1. The number of aryl methyl sites for hydroxylation is 1. The summed E-state index contributed by atoms with van der Waals surface area (Å²) in [5.74, 6) is -0.712. The van der Waals surface area contributed by atoms with Gasteiger partial charge in [-0.3, -0.25) is 4.79 Å². The lowest BCUT2D eigenvalue weighted by Crippen LogP contribution is -2.24. The largest absolute Gasteiger partial charge is 0.370 e. The maximum absolute atomic E-state index is 13.3. The molecule has 0 aliphatic heterocycles. The fraction of sp³-hybridized carbons (Fsp3) is 0.417. The molecule has 1 amide bonds. The van der Waals surface area contributed by atoms with E-state index in [-0.39, 0.29) is 12.4 Å². The fourth-order valence-corrected chi connectivity index (χ4v) is 1.38. The van der Waals surface area contributed by atoms with Gasteiger partial charge in [-0.2, -0.15) is 0 Å². The average Bonchev–Trinajstić information content (AvgIpc) is 2.27. The van der Waals surface area contributed by atoms with Gasteiger partial charge < -0.3 is 15.8 Å². The Morgan fingerprint density at radius 1 is 1.53 bits per heavy atom. The lowest BCUT2D eigenvalue weighted by atomic mass is 10.1. The minimum Gasteiger partial charge on any atom is -0.370 e. The molecule has 0 aliphatic rings. The Hall–Kier alpha value is -1.46. The molecular weight excluding hydrogens is 223 g/mol. The van der Waals surface area contributed by atoms with Gasteiger partial charge >= 0.3 is 0 Å². The van der Waals surface area contributed by atoms with Crippen molar-refractivity contribution in [3.05, 3.63) is 35.1 Å². The van der Waals surface area contributed by atoms with Gasteiger partial charge in [-0.05, 0) is 13.0 Å². The van der Waals surface area contributed by atoms with E-state index in [1.165, 1.54) is 6.07 Å². The molecule has 17 heavy (non-hydrogen) atoms. The van der Waals surface area contributed by atoms with Crippen LogP contribution in [-0.2, 0) is 16.1 Å². The predicted molar refractivity (Wildman–Crippen MR) is 62.9 cm³/mol. The van der Waals surface area contributed by atoms with Crippen LogP contribution < -0.4 is 11.1 Å². The molecule has 0 aromatic heterocycles. The highest BCUT2D eigenvalue weighted by Crippen LogP contribution is 2.09. The second-order valence-corrected chi connectivity index (χ2v) is 3.79. The quantitative estimate of drug-likeness (QED) is 0.690. The van der Waals surface area contributed by atoms with Gasteiger partial charge in [-0.1, -0.05) is 17.7 Å². The molecule has 0 radical (unpaired) electrons. The molecule has 0 atom stereocenters. The molecule has 0 unspecified atom stereocenters. The van der Waals surface area contributed by atoms with E-state index >= 15 is 0 Å². The van der Waals surface area contributed by atoms with Crippen molar-refractivity contribution in [2.45, 2.75) is 13.5 Å². The third-order valence-corrected chi connectivity index (χ3v) is 2.18. The molecule has 0 spiro atoms. The van der Waals surface area contributed by atoms with Crippen LogP contribution in [0.1, 0.15) is 11.1 Å². The number of nitrogens with one attached hydrogen (secondary N) is 1. The lowest BCUT2D eigenvalue weighted by Gasteiger charge is -2.07. The Labute approximate surface area is 100.0 Å². The van der Waals surface area contributed by atoms with Gasteiger partial charge in [0.15, 0.2) is 0 Å². The summed E-state index contributed by atoms with van der Waals surface area (Å²) in [4.78, 5) is 10.4. The number of rotatable bonds is 7. The van der Waals surface area contributed by atoms with Crippen LogP contribution in [0.5, 0.6) is 0 Å². The number of benzene rings is 1. The first kappa shape index (κ1) is 13.6. The van der Waals surface area contributed by atoms with Crippen LogP contribution in [0.4, 0.5) is 4.39 Å². The molecule has 0 aliphatic carbocycles. The molecule has 94 valence electrons. The van der Waals surface area contributed by atoms with Crippen LogP contribution in [0.25, 0.3) is 0 Å². The zero-order valence-electron chi connectivity index (χ0n) is 9.83. The normalized spacial score (nSPS) is 10.5. The summed E-state index contributed by atoms with van der Waals surface area (Å²) in [6, 6.07) is 4.98. The number of carbonyl (C=O) groups is 1. The highest BCUT2D eigenvalue weighted by Gasteiger charge is 2.01. The van der Waals surface area contributed by atoms with Crippen LogP contribution in [0.15, 0.2) is 18.2 Å². The van der Waals surface area contributed by atoms with E-state index in [0.29, 0.717) is 25.3 Å². The van der Waals surface area contributed by atoms with E-state index in [4.69, 9.17) is 10.5 Å². The van der Waals surface area contributed by atoms with Gasteiger partial charge in [-0.25, -0.2) is 4.39 Å². The number of hydrogen-bond acceptors (Lipinski definition) is 3. The minimum atomic E-state index is -0.491. The summed E-state index contributed by atoms with van der Waals surface area (Å²) >= 11 is 0. The molecular formula is C12H17FN2O2. The van der Waals surface area contributed by atoms with Crippen LogP contribution in [0, 0.1) is 12.7 Å². The van der Waals surface area contributed by atoms with Crippen molar-refractivity contribution in [3.8, 4) is 0 Å². The molecule has 1 aromatic carbocycles. The summed E-state index contributed by atoms with van der Waals surface area (Å²) in [5.41, 5.74) is 6.55. The van der Waals surface area contributed by atoms with E-state index in [1.807, 2.05) is 6.92 Å². The molecule has 0 heterocycles. The number of halogens is 1. The SMILES string of the molecule is Cc1ccc(F)c(CNCCOCC(N)=O)c1. The zero-order chi connectivity index (χ0) is 12.7. The lowest BCUT2D eigenvalue weighted by molar-refractivity contribution is -0.122. The van der Waals surface area contributed by atoms with Gasteiger partial charge in [0.1, 0.15) is 12.4 Å². The standard InChI is InChI=1S/C12H17FN2O2/c1-9-2-3-11(13)10(6-9)7-15-4-5-17-8-12(14)16/h2-3,6,15H,4-5,7-8H2,1H3,(H2,14,16). The molecule has 1 rings (SSSR count). The molecule has 0 fully saturated rings. The third kappa shape index (κ3) is 5.42. The second kappa shape index (κ2) is 6.98. The van der Waals surface area contributed by atoms with Crippen LogP contribution in [0.2, 0.25) is 0 Å². The molecule has 3 N–H and O–H groups in total. The summed E-state index contributed by atoms with van der Waals surface area (Å²) in [6.07, 6.45) is 0. The van der Waals surface area contributed by atoms with Crippen molar-refractivity contribution in [3.63, 3.8) is 0 Å². The number of carbonyl (C=O) groups excluding carboxylic acids is 1. The summed E-state index contributed by atoms with van der Waals surface area (Å²) in [6.45, 7) is 3.18. The topological polar surface area (TPSA) is 64.3 Å². The van der Waals surface area contributed by atoms with Crippen molar-refractivity contribution >= 4 is 5.91 Å². The first-order valence-corrected chi connectivity index (χ1v) is 5.41. The Balaban J connectivity index is 2.22. The first-order chi connectivity index (χ1) is 8.09. The Kier molecular flexibility index (Phi) is 5.59. The molecule has 0 saturated heterocycles. The van der Waals surface area contributed by atoms with Crippen molar-refractivity contribution in [2.24, 2.45) is 5.73 Å². The highest BCUT2D eigenvalue weighted by molar-refractivity contribution is 5.74. The van der Waals surface area contributed by atoms with Crippen LogP contribution >= 0.6 is 0 Å². The van der Waals surface area contributed by atoms with E-state index in [0.717, 1.165) is 5.56 Å². The van der Waals surface area contributed by atoms with Gasteiger partial charge in [-0.15, -0.1) is 0 Å². The number of primary amides is 1. The van der Waals surface area contributed by atoms with E-state index in [1.54, 1.807) is 12.1 Å². The van der Waals surface area contributed by atoms with Gasteiger partial charge in [0.2, 0.25) is 5.91 Å². The van der Waals surface area contributed by atoms with Crippen molar-refractivity contribution < 1.29 is 13.9 Å².